The average molecular weight is 262 g/mol. The molecule has 3 atom stereocenters. The lowest BCUT2D eigenvalue weighted by Gasteiger charge is -2.09. The van der Waals surface area contributed by atoms with Crippen LogP contribution < -0.4 is 5.73 Å². The number of carbonyl (C=O) groups is 1. The van der Waals surface area contributed by atoms with Gasteiger partial charge in [-0.1, -0.05) is 11.3 Å². The Hall–Kier alpha value is -1.09. The molecule has 8 heteroatoms. The first-order valence-electron chi connectivity index (χ1n) is 4.93. The van der Waals surface area contributed by atoms with Gasteiger partial charge in [-0.2, -0.15) is 4.39 Å². The summed E-state index contributed by atoms with van der Waals surface area (Å²) >= 11 is 0.658. The minimum Gasteiger partial charge on any atom is -0.394 e. The summed E-state index contributed by atoms with van der Waals surface area (Å²) in [5.41, 5.74) is 4.52. The zero-order valence-corrected chi connectivity index (χ0v) is 9.48. The highest BCUT2D eigenvalue weighted by molar-refractivity contribution is 7.10. The van der Waals surface area contributed by atoms with Gasteiger partial charge >= 0.3 is 0 Å². The first kappa shape index (κ1) is 12.4. The molecule has 6 nitrogen and oxygen atoms in total. The lowest BCUT2D eigenvalue weighted by Crippen LogP contribution is -2.24. The zero-order chi connectivity index (χ0) is 12.6. The number of thiazole rings is 1. The van der Waals surface area contributed by atoms with E-state index in [1.807, 2.05) is 0 Å². The van der Waals surface area contributed by atoms with Gasteiger partial charge in [0.05, 0.1) is 12.7 Å². The Kier molecular flexibility index (Phi) is 3.38. The molecule has 1 fully saturated rings. The normalized spacial score (nSPS) is 28.5. The number of aliphatic hydroxyl groups is 2. The molecule has 94 valence electrons. The third kappa shape index (κ3) is 2.29. The van der Waals surface area contributed by atoms with Crippen LogP contribution in [0.2, 0.25) is 0 Å². The largest absolute Gasteiger partial charge is 0.394 e. The van der Waals surface area contributed by atoms with Crippen LogP contribution in [-0.4, -0.2) is 39.9 Å². The second-order valence-corrected chi connectivity index (χ2v) is 4.67. The molecule has 1 aromatic rings. The smallest absolute Gasteiger partial charge is 0.271 e. The maximum Gasteiger partial charge on any atom is 0.271 e. The number of ether oxygens (including phenoxy) is 1. The van der Waals surface area contributed by atoms with Crippen LogP contribution in [0.25, 0.3) is 0 Å². The van der Waals surface area contributed by atoms with E-state index in [0.717, 1.165) is 0 Å². The Balaban J connectivity index is 2.19. The number of carbonyl (C=O) groups excluding carboxylic acids is 1. The molecule has 0 radical (unpaired) electrons. The van der Waals surface area contributed by atoms with E-state index in [1.54, 1.807) is 0 Å². The summed E-state index contributed by atoms with van der Waals surface area (Å²) in [6, 6.07) is 0. The minimum atomic E-state index is -0.942. The molecule has 1 amide bonds. The fourth-order valence-electron chi connectivity index (χ4n) is 1.66. The van der Waals surface area contributed by atoms with E-state index >= 15 is 0 Å². The molecule has 1 saturated heterocycles. The maximum atomic E-state index is 13.3. The number of hydrogen-bond acceptors (Lipinski definition) is 6. The standard InChI is InChI=1S/C9H11FN2O4S/c10-7-6(8(11)15)12-9(17-7)4-1-3(14)5(2-13)16-4/h3-5,13-14H,1-2H2,(H2,11,15)/t3-,4+,5+/m0/s1. The quantitative estimate of drug-likeness (QED) is 0.685. The number of nitrogens with two attached hydrogens (primary N) is 1. The van der Waals surface area contributed by atoms with Crippen molar-refractivity contribution in [2.75, 3.05) is 6.61 Å². The molecular formula is C9H11FN2O4S. The lowest BCUT2D eigenvalue weighted by atomic mass is 10.1. The zero-order valence-electron chi connectivity index (χ0n) is 8.67. The summed E-state index contributed by atoms with van der Waals surface area (Å²) in [4.78, 5) is 14.6. The van der Waals surface area contributed by atoms with Crippen molar-refractivity contribution in [1.82, 2.24) is 4.98 Å². The van der Waals surface area contributed by atoms with Crippen molar-refractivity contribution in [2.24, 2.45) is 5.73 Å². The molecule has 4 N–H and O–H groups in total. The lowest BCUT2D eigenvalue weighted by molar-refractivity contribution is -0.0226. The summed E-state index contributed by atoms with van der Waals surface area (Å²) in [5.74, 6) is -0.942. The molecule has 0 bridgehead atoms. The van der Waals surface area contributed by atoms with Crippen molar-refractivity contribution in [3.05, 3.63) is 15.8 Å². The second kappa shape index (κ2) is 4.65. The highest BCUT2D eigenvalue weighted by atomic mass is 32.1. The van der Waals surface area contributed by atoms with Gasteiger partial charge in [-0.3, -0.25) is 4.79 Å². The summed E-state index contributed by atoms with van der Waals surface area (Å²) in [5, 5.41) is 17.9. The highest BCUT2D eigenvalue weighted by Crippen LogP contribution is 2.35. The number of primary amides is 1. The summed E-state index contributed by atoms with van der Waals surface area (Å²) < 4.78 is 18.6. The SMILES string of the molecule is NC(=O)c1nc([C@H]2C[C@H](O)[C@@H](CO)O2)sc1F. The van der Waals surface area contributed by atoms with Crippen molar-refractivity contribution in [3.63, 3.8) is 0 Å². The highest BCUT2D eigenvalue weighted by Gasteiger charge is 2.36. The van der Waals surface area contributed by atoms with E-state index in [1.165, 1.54) is 0 Å². The van der Waals surface area contributed by atoms with E-state index in [4.69, 9.17) is 15.6 Å². The van der Waals surface area contributed by atoms with Crippen LogP contribution in [0.5, 0.6) is 0 Å². The number of aromatic nitrogens is 1. The van der Waals surface area contributed by atoms with Crippen molar-refractivity contribution in [1.29, 1.82) is 0 Å². The topological polar surface area (TPSA) is 106 Å². The van der Waals surface area contributed by atoms with Gasteiger partial charge in [-0.25, -0.2) is 4.98 Å². The number of amides is 1. The molecule has 1 aliphatic rings. The molecule has 0 spiro atoms. The number of halogens is 1. The van der Waals surface area contributed by atoms with Crippen molar-refractivity contribution in [3.8, 4) is 0 Å². The van der Waals surface area contributed by atoms with E-state index in [-0.39, 0.29) is 18.0 Å². The Labute approximate surface area is 99.8 Å². The fourth-order valence-corrected chi connectivity index (χ4v) is 2.51. The van der Waals surface area contributed by atoms with Gasteiger partial charge in [0.25, 0.3) is 5.91 Å². The second-order valence-electron chi connectivity index (χ2n) is 3.69. The number of hydrogen-bond donors (Lipinski definition) is 3. The van der Waals surface area contributed by atoms with Crippen LogP contribution in [0.15, 0.2) is 0 Å². The van der Waals surface area contributed by atoms with Gasteiger partial charge in [0, 0.05) is 6.42 Å². The first-order chi connectivity index (χ1) is 8.02. The Morgan fingerprint density at radius 3 is 2.88 bits per heavy atom. The molecule has 2 rings (SSSR count). The van der Waals surface area contributed by atoms with Gasteiger partial charge in [0.1, 0.15) is 17.2 Å². The third-order valence-corrected chi connectivity index (χ3v) is 3.45. The van der Waals surface area contributed by atoms with Crippen LogP contribution in [-0.2, 0) is 4.74 Å². The van der Waals surface area contributed by atoms with Gasteiger partial charge in [-0.15, -0.1) is 0 Å². The average Bonchev–Trinajstić information content (AvgIpc) is 2.81. The van der Waals surface area contributed by atoms with Crippen LogP contribution in [0.1, 0.15) is 28.0 Å². The molecule has 1 aliphatic heterocycles. The van der Waals surface area contributed by atoms with Crippen LogP contribution in [0.4, 0.5) is 4.39 Å². The van der Waals surface area contributed by atoms with Crippen molar-refractivity contribution in [2.45, 2.75) is 24.7 Å². The molecule has 0 saturated carbocycles. The van der Waals surface area contributed by atoms with Crippen LogP contribution in [0.3, 0.4) is 0 Å². The Morgan fingerprint density at radius 2 is 2.41 bits per heavy atom. The third-order valence-electron chi connectivity index (χ3n) is 2.51. The van der Waals surface area contributed by atoms with E-state index in [0.29, 0.717) is 11.3 Å². The Morgan fingerprint density at radius 1 is 1.71 bits per heavy atom. The molecule has 2 heterocycles. The summed E-state index contributed by atoms with van der Waals surface area (Å²) in [7, 11) is 0. The molecular weight excluding hydrogens is 251 g/mol. The Bertz CT molecular complexity index is 439. The van der Waals surface area contributed by atoms with E-state index < -0.39 is 35.0 Å². The van der Waals surface area contributed by atoms with Crippen LogP contribution >= 0.6 is 11.3 Å². The van der Waals surface area contributed by atoms with Gasteiger partial charge in [-0.05, 0) is 0 Å². The number of rotatable bonds is 3. The maximum absolute atomic E-state index is 13.3. The summed E-state index contributed by atoms with van der Waals surface area (Å²) in [6.07, 6.45) is -1.94. The molecule has 0 unspecified atom stereocenters. The van der Waals surface area contributed by atoms with Crippen molar-refractivity contribution >= 4 is 17.2 Å². The number of nitrogens with zero attached hydrogens (tertiary/aromatic N) is 1. The minimum absolute atomic E-state index is 0.205. The van der Waals surface area contributed by atoms with Crippen molar-refractivity contribution < 1.29 is 24.1 Å². The monoisotopic (exact) mass is 262 g/mol. The molecule has 17 heavy (non-hydrogen) atoms. The first-order valence-corrected chi connectivity index (χ1v) is 5.75. The predicted octanol–water partition coefficient (Wildman–Crippen LogP) is -0.436. The fraction of sp³-hybridized carbons (Fsp3) is 0.556. The molecule has 0 aliphatic carbocycles. The van der Waals surface area contributed by atoms with Crippen LogP contribution in [0, 0.1) is 5.13 Å². The van der Waals surface area contributed by atoms with E-state index in [9.17, 15) is 14.3 Å². The van der Waals surface area contributed by atoms with Gasteiger partial charge < -0.3 is 20.7 Å². The summed E-state index contributed by atoms with van der Waals surface area (Å²) in [6.45, 7) is -0.325. The predicted molar refractivity (Wildman–Crippen MR) is 55.9 cm³/mol. The number of aliphatic hydroxyl groups excluding tert-OH is 2. The molecule has 1 aromatic heterocycles. The van der Waals surface area contributed by atoms with Gasteiger partial charge in [0.2, 0.25) is 5.13 Å². The van der Waals surface area contributed by atoms with E-state index in [2.05, 4.69) is 4.98 Å². The van der Waals surface area contributed by atoms with Gasteiger partial charge in [0.15, 0.2) is 5.69 Å². The molecule has 0 aromatic carbocycles.